The Hall–Kier alpha value is -1.35. The summed E-state index contributed by atoms with van der Waals surface area (Å²) in [5, 5.41) is 3.38. The van der Waals surface area contributed by atoms with Crippen LogP contribution in [0, 0.1) is 5.92 Å². The molecule has 1 fully saturated rings. The first-order valence-electron chi connectivity index (χ1n) is 7.89. The van der Waals surface area contributed by atoms with Crippen LogP contribution in [0.25, 0.3) is 0 Å². The van der Waals surface area contributed by atoms with Gasteiger partial charge in [0.1, 0.15) is 0 Å². The van der Waals surface area contributed by atoms with Gasteiger partial charge in [-0.3, -0.25) is 4.79 Å². The van der Waals surface area contributed by atoms with E-state index in [0.717, 1.165) is 50.5 Å². The van der Waals surface area contributed by atoms with Crippen molar-refractivity contribution in [1.82, 2.24) is 10.2 Å². The van der Waals surface area contributed by atoms with E-state index in [1.807, 2.05) is 6.07 Å². The molecule has 1 aliphatic carbocycles. The molecule has 1 aromatic carbocycles. The SMILES string of the molecule is CCCN(CC1CC1)C(=O)c1ccc2c(c1)CNCC2. The summed E-state index contributed by atoms with van der Waals surface area (Å²) in [6, 6.07) is 6.26. The van der Waals surface area contributed by atoms with Gasteiger partial charge in [0.25, 0.3) is 5.91 Å². The maximum absolute atomic E-state index is 12.7. The molecule has 3 rings (SSSR count). The predicted molar refractivity (Wildman–Crippen MR) is 80.8 cm³/mol. The molecule has 3 heteroatoms. The van der Waals surface area contributed by atoms with Gasteiger partial charge in [-0.15, -0.1) is 0 Å². The van der Waals surface area contributed by atoms with Crippen LogP contribution in [0.2, 0.25) is 0 Å². The lowest BCUT2D eigenvalue weighted by Crippen LogP contribution is -2.34. The quantitative estimate of drug-likeness (QED) is 0.893. The topological polar surface area (TPSA) is 32.3 Å². The molecule has 1 aliphatic heterocycles. The van der Waals surface area contributed by atoms with Crippen LogP contribution in [0.4, 0.5) is 0 Å². The van der Waals surface area contributed by atoms with E-state index in [0.29, 0.717) is 0 Å². The molecule has 0 radical (unpaired) electrons. The van der Waals surface area contributed by atoms with Crippen molar-refractivity contribution in [2.45, 2.75) is 39.2 Å². The highest BCUT2D eigenvalue weighted by molar-refractivity contribution is 5.94. The normalized spacial score (nSPS) is 17.6. The molecule has 1 aromatic rings. The lowest BCUT2D eigenvalue weighted by Gasteiger charge is -2.23. The molecule has 2 aliphatic rings. The predicted octanol–water partition coefficient (Wildman–Crippen LogP) is 2.59. The Bertz CT molecular complexity index is 494. The third-order valence-corrected chi connectivity index (χ3v) is 4.30. The summed E-state index contributed by atoms with van der Waals surface area (Å²) < 4.78 is 0. The zero-order valence-corrected chi connectivity index (χ0v) is 12.3. The molecule has 0 spiro atoms. The summed E-state index contributed by atoms with van der Waals surface area (Å²) >= 11 is 0. The second-order valence-electron chi connectivity index (χ2n) is 6.10. The van der Waals surface area contributed by atoms with Crippen molar-refractivity contribution in [2.24, 2.45) is 5.92 Å². The highest BCUT2D eigenvalue weighted by atomic mass is 16.2. The van der Waals surface area contributed by atoms with Crippen LogP contribution in [0.3, 0.4) is 0 Å². The number of carbonyl (C=O) groups excluding carboxylic acids is 1. The van der Waals surface area contributed by atoms with Crippen molar-refractivity contribution in [3.8, 4) is 0 Å². The van der Waals surface area contributed by atoms with Gasteiger partial charge in [-0.25, -0.2) is 0 Å². The standard InChI is InChI=1S/C17H24N2O/c1-2-9-19(12-13-3-4-13)17(20)15-6-5-14-7-8-18-11-16(14)10-15/h5-6,10,13,18H,2-4,7-9,11-12H2,1H3. The number of rotatable bonds is 5. The van der Waals surface area contributed by atoms with Crippen LogP contribution < -0.4 is 5.32 Å². The summed E-state index contributed by atoms with van der Waals surface area (Å²) in [6.45, 7) is 5.91. The van der Waals surface area contributed by atoms with Crippen molar-refractivity contribution in [2.75, 3.05) is 19.6 Å². The maximum atomic E-state index is 12.7. The molecule has 0 atom stereocenters. The van der Waals surface area contributed by atoms with Crippen LogP contribution in [0.5, 0.6) is 0 Å². The summed E-state index contributed by atoms with van der Waals surface area (Å²) in [5.41, 5.74) is 3.55. The largest absolute Gasteiger partial charge is 0.338 e. The van der Waals surface area contributed by atoms with E-state index in [2.05, 4.69) is 29.3 Å². The molecule has 1 saturated carbocycles. The maximum Gasteiger partial charge on any atom is 0.253 e. The number of carbonyl (C=O) groups is 1. The van der Waals surface area contributed by atoms with E-state index in [1.165, 1.54) is 24.0 Å². The summed E-state index contributed by atoms with van der Waals surface area (Å²) in [5.74, 6) is 0.969. The van der Waals surface area contributed by atoms with Crippen LogP contribution in [0.15, 0.2) is 18.2 Å². The Labute approximate surface area is 121 Å². The average Bonchev–Trinajstić information content (AvgIpc) is 3.29. The van der Waals surface area contributed by atoms with Gasteiger partial charge >= 0.3 is 0 Å². The summed E-state index contributed by atoms with van der Waals surface area (Å²) in [4.78, 5) is 14.7. The number of benzene rings is 1. The Morgan fingerprint density at radius 1 is 1.35 bits per heavy atom. The highest BCUT2D eigenvalue weighted by Gasteiger charge is 2.27. The van der Waals surface area contributed by atoms with Crippen molar-refractivity contribution >= 4 is 5.91 Å². The minimum Gasteiger partial charge on any atom is -0.338 e. The van der Waals surface area contributed by atoms with Gasteiger partial charge < -0.3 is 10.2 Å². The van der Waals surface area contributed by atoms with Crippen LogP contribution >= 0.6 is 0 Å². The molecule has 0 saturated heterocycles. The number of hydrogen-bond donors (Lipinski definition) is 1. The lowest BCUT2D eigenvalue weighted by molar-refractivity contribution is 0.0747. The Balaban J connectivity index is 1.76. The van der Waals surface area contributed by atoms with Crippen LogP contribution in [-0.2, 0) is 13.0 Å². The minimum atomic E-state index is 0.215. The second kappa shape index (κ2) is 5.96. The third kappa shape index (κ3) is 3.04. The fourth-order valence-electron chi connectivity index (χ4n) is 2.95. The molecule has 1 heterocycles. The average molecular weight is 272 g/mol. The number of hydrogen-bond acceptors (Lipinski definition) is 2. The van der Waals surface area contributed by atoms with E-state index in [-0.39, 0.29) is 5.91 Å². The molecule has 1 amide bonds. The summed E-state index contributed by atoms with van der Waals surface area (Å²) in [6.07, 6.45) is 4.69. The Kier molecular flexibility index (Phi) is 4.06. The zero-order chi connectivity index (χ0) is 13.9. The molecule has 1 N–H and O–H groups in total. The van der Waals surface area contributed by atoms with Gasteiger partial charge in [0.2, 0.25) is 0 Å². The molecule has 0 bridgehead atoms. The number of amides is 1. The monoisotopic (exact) mass is 272 g/mol. The van der Waals surface area contributed by atoms with Gasteiger partial charge in [0.15, 0.2) is 0 Å². The molecule has 108 valence electrons. The van der Waals surface area contributed by atoms with E-state index >= 15 is 0 Å². The van der Waals surface area contributed by atoms with Gasteiger partial charge in [0, 0.05) is 25.2 Å². The van der Waals surface area contributed by atoms with Crippen molar-refractivity contribution in [3.05, 3.63) is 34.9 Å². The van der Waals surface area contributed by atoms with Gasteiger partial charge in [-0.05, 0) is 61.4 Å². The summed E-state index contributed by atoms with van der Waals surface area (Å²) in [7, 11) is 0. The van der Waals surface area contributed by atoms with Crippen molar-refractivity contribution < 1.29 is 4.79 Å². The molecule has 0 unspecified atom stereocenters. The first-order valence-corrected chi connectivity index (χ1v) is 7.89. The molecule has 0 aromatic heterocycles. The highest BCUT2D eigenvalue weighted by Crippen LogP contribution is 2.30. The zero-order valence-electron chi connectivity index (χ0n) is 12.3. The number of nitrogens with zero attached hydrogens (tertiary/aromatic N) is 1. The van der Waals surface area contributed by atoms with Gasteiger partial charge in [-0.1, -0.05) is 13.0 Å². The second-order valence-corrected chi connectivity index (χ2v) is 6.10. The van der Waals surface area contributed by atoms with Gasteiger partial charge in [-0.2, -0.15) is 0 Å². The smallest absolute Gasteiger partial charge is 0.253 e. The first-order chi connectivity index (χ1) is 9.78. The van der Waals surface area contributed by atoms with Crippen molar-refractivity contribution in [3.63, 3.8) is 0 Å². The van der Waals surface area contributed by atoms with E-state index < -0.39 is 0 Å². The molecular formula is C17H24N2O. The van der Waals surface area contributed by atoms with E-state index in [4.69, 9.17) is 0 Å². The van der Waals surface area contributed by atoms with Crippen LogP contribution in [0.1, 0.15) is 47.7 Å². The molecule has 20 heavy (non-hydrogen) atoms. The number of fused-ring (bicyclic) bond motifs is 1. The fraction of sp³-hybridized carbons (Fsp3) is 0.588. The van der Waals surface area contributed by atoms with Crippen LogP contribution in [-0.4, -0.2) is 30.4 Å². The number of nitrogens with one attached hydrogen (secondary N) is 1. The van der Waals surface area contributed by atoms with E-state index in [9.17, 15) is 4.79 Å². The molecular weight excluding hydrogens is 248 g/mol. The Morgan fingerprint density at radius 3 is 2.95 bits per heavy atom. The Morgan fingerprint density at radius 2 is 2.20 bits per heavy atom. The van der Waals surface area contributed by atoms with Gasteiger partial charge in [0.05, 0.1) is 0 Å². The van der Waals surface area contributed by atoms with E-state index in [1.54, 1.807) is 0 Å². The fourth-order valence-corrected chi connectivity index (χ4v) is 2.95. The molecule has 3 nitrogen and oxygen atoms in total. The lowest BCUT2D eigenvalue weighted by atomic mass is 9.98. The minimum absolute atomic E-state index is 0.215. The first kappa shape index (κ1) is 13.6. The third-order valence-electron chi connectivity index (χ3n) is 4.30. The van der Waals surface area contributed by atoms with Crippen molar-refractivity contribution in [1.29, 1.82) is 0 Å².